The quantitative estimate of drug-likeness (QED) is 0.632. The molecule has 1 fully saturated rings. The standard InChI is InChI=1S/C8H8N6O/c1-5-2-7(14-4-9-12-13-14)10-11-8(5)6-3-15-6/h2,4,6H,3H2,1H3. The van der Waals surface area contributed by atoms with E-state index in [1.807, 2.05) is 13.0 Å². The van der Waals surface area contributed by atoms with Gasteiger partial charge in [0.15, 0.2) is 5.82 Å². The summed E-state index contributed by atoms with van der Waals surface area (Å²) in [5.74, 6) is 0.613. The first-order valence-electron chi connectivity index (χ1n) is 4.54. The lowest BCUT2D eigenvalue weighted by molar-refractivity contribution is 0.408. The van der Waals surface area contributed by atoms with Crippen LogP contribution < -0.4 is 0 Å². The Labute approximate surface area is 85.1 Å². The second-order valence-corrected chi connectivity index (χ2v) is 3.35. The number of aromatic nitrogens is 6. The van der Waals surface area contributed by atoms with E-state index in [-0.39, 0.29) is 6.10 Å². The highest BCUT2D eigenvalue weighted by atomic mass is 16.6. The van der Waals surface area contributed by atoms with E-state index >= 15 is 0 Å². The van der Waals surface area contributed by atoms with E-state index in [9.17, 15) is 0 Å². The summed E-state index contributed by atoms with van der Waals surface area (Å²) in [6.45, 7) is 2.71. The first-order valence-corrected chi connectivity index (χ1v) is 4.54. The molecule has 0 amide bonds. The van der Waals surface area contributed by atoms with E-state index < -0.39 is 0 Å². The Morgan fingerprint density at radius 3 is 2.93 bits per heavy atom. The minimum absolute atomic E-state index is 0.125. The molecule has 0 aliphatic carbocycles. The summed E-state index contributed by atoms with van der Waals surface area (Å²) in [6, 6.07) is 1.89. The summed E-state index contributed by atoms with van der Waals surface area (Å²) in [7, 11) is 0. The van der Waals surface area contributed by atoms with Crippen LogP contribution >= 0.6 is 0 Å². The fraction of sp³-hybridized carbons (Fsp3) is 0.375. The average Bonchev–Trinajstić information content (AvgIpc) is 2.93. The largest absolute Gasteiger partial charge is 0.366 e. The minimum Gasteiger partial charge on any atom is -0.366 e. The summed E-state index contributed by atoms with van der Waals surface area (Å²) in [6.07, 6.45) is 1.61. The van der Waals surface area contributed by atoms with Crippen LogP contribution in [0.4, 0.5) is 0 Å². The van der Waals surface area contributed by atoms with Gasteiger partial charge in [0.25, 0.3) is 0 Å². The van der Waals surface area contributed by atoms with Crippen molar-refractivity contribution >= 4 is 0 Å². The number of ether oxygens (including phenoxy) is 1. The Kier molecular flexibility index (Phi) is 1.72. The summed E-state index contributed by atoms with van der Waals surface area (Å²) < 4.78 is 6.63. The highest BCUT2D eigenvalue weighted by molar-refractivity contribution is 5.29. The van der Waals surface area contributed by atoms with Crippen LogP contribution in [0.3, 0.4) is 0 Å². The maximum absolute atomic E-state index is 5.16. The summed E-state index contributed by atoms with van der Waals surface area (Å²) in [5, 5.41) is 19.0. The Balaban J connectivity index is 2.01. The van der Waals surface area contributed by atoms with Crippen molar-refractivity contribution in [1.29, 1.82) is 0 Å². The van der Waals surface area contributed by atoms with Crippen molar-refractivity contribution in [3.05, 3.63) is 23.7 Å². The van der Waals surface area contributed by atoms with E-state index in [2.05, 4.69) is 25.7 Å². The number of hydrogen-bond donors (Lipinski definition) is 0. The van der Waals surface area contributed by atoms with E-state index in [1.165, 1.54) is 11.0 Å². The maximum atomic E-state index is 5.16. The average molecular weight is 204 g/mol. The van der Waals surface area contributed by atoms with Gasteiger partial charge in [-0.1, -0.05) is 0 Å². The van der Waals surface area contributed by atoms with Gasteiger partial charge in [0.05, 0.1) is 12.3 Å². The lowest BCUT2D eigenvalue weighted by Gasteiger charge is -2.02. The summed E-state index contributed by atoms with van der Waals surface area (Å²) >= 11 is 0. The van der Waals surface area contributed by atoms with Crippen molar-refractivity contribution in [1.82, 2.24) is 30.4 Å². The van der Waals surface area contributed by atoms with Crippen LogP contribution in [0.1, 0.15) is 17.4 Å². The molecule has 76 valence electrons. The van der Waals surface area contributed by atoms with Gasteiger partial charge in [-0.3, -0.25) is 0 Å². The van der Waals surface area contributed by atoms with E-state index in [4.69, 9.17) is 4.74 Å². The Hall–Kier alpha value is -1.89. The second-order valence-electron chi connectivity index (χ2n) is 3.35. The normalized spacial score (nSPS) is 19.1. The van der Waals surface area contributed by atoms with Gasteiger partial charge in [0.1, 0.15) is 12.4 Å². The molecule has 1 aliphatic rings. The second kappa shape index (κ2) is 3.06. The van der Waals surface area contributed by atoms with Crippen LogP contribution in [0.25, 0.3) is 5.82 Å². The molecular formula is C8H8N6O. The van der Waals surface area contributed by atoms with Gasteiger partial charge in [-0.25, -0.2) is 0 Å². The molecule has 3 heterocycles. The van der Waals surface area contributed by atoms with Gasteiger partial charge in [0.2, 0.25) is 0 Å². The predicted molar refractivity (Wildman–Crippen MR) is 48.2 cm³/mol. The van der Waals surface area contributed by atoms with Crippen molar-refractivity contribution in [3.8, 4) is 5.82 Å². The lowest BCUT2D eigenvalue weighted by Crippen LogP contribution is -2.04. The summed E-state index contributed by atoms with van der Waals surface area (Å²) in [5.41, 5.74) is 1.94. The number of aryl methyl sites for hydroxylation is 1. The zero-order valence-electron chi connectivity index (χ0n) is 8.03. The molecule has 0 aromatic carbocycles. The highest BCUT2D eigenvalue weighted by Gasteiger charge is 2.28. The SMILES string of the molecule is Cc1cc(-n2cnnn2)nnc1C1CO1. The lowest BCUT2D eigenvalue weighted by atomic mass is 10.2. The molecule has 0 radical (unpaired) electrons. The molecule has 2 aromatic heterocycles. The molecule has 3 rings (SSSR count). The number of nitrogens with zero attached hydrogens (tertiary/aromatic N) is 6. The topological polar surface area (TPSA) is 81.9 Å². The molecule has 7 heteroatoms. The van der Waals surface area contributed by atoms with Gasteiger partial charge >= 0.3 is 0 Å². The molecular weight excluding hydrogens is 196 g/mol. The molecule has 1 atom stereocenters. The molecule has 2 aromatic rings. The minimum atomic E-state index is 0.125. The van der Waals surface area contributed by atoms with Crippen molar-refractivity contribution in [3.63, 3.8) is 0 Å². The summed E-state index contributed by atoms with van der Waals surface area (Å²) in [4.78, 5) is 0. The van der Waals surface area contributed by atoms with Crippen LogP contribution in [0, 0.1) is 6.92 Å². The maximum Gasteiger partial charge on any atom is 0.179 e. The van der Waals surface area contributed by atoms with Crippen molar-refractivity contribution < 1.29 is 4.74 Å². The number of tetrazole rings is 1. The van der Waals surface area contributed by atoms with Gasteiger partial charge in [-0.2, -0.15) is 9.78 Å². The van der Waals surface area contributed by atoms with Crippen molar-refractivity contribution in [2.75, 3.05) is 6.61 Å². The predicted octanol–water partition coefficient (Wildman–Crippen LogP) is -0.168. The Morgan fingerprint density at radius 1 is 1.47 bits per heavy atom. The van der Waals surface area contributed by atoms with Crippen LogP contribution in [0.2, 0.25) is 0 Å². The van der Waals surface area contributed by atoms with Gasteiger partial charge in [0, 0.05) is 0 Å². The molecule has 1 aliphatic heterocycles. The highest BCUT2D eigenvalue weighted by Crippen LogP contribution is 2.30. The molecule has 1 unspecified atom stereocenters. The fourth-order valence-electron chi connectivity index (χ4n) is 1.38. The number of hydrogen-bond acceptors (Lipinski definition) is 6. The molecule has 15 heavy (non-hydrogen) atoms. The molecule has 0 N–H and O–H groups in total. The van der Waals surface area contributed by atoms with Gasteiger partial charge in [-0.05, 0) is 29.0 Å². The third-order valence-electron chi connectivity index (χ3n) is 2.23. The Morgan fingerprint density at radius 2 is 2.33 bits per heavy atom. The third kappa shape index (κ3) is 1.46. The molecule has 1 saturated heterocycles. The first-order chi connectivity index (χ1) is 7.34. The van der Waals surface area contributed by atoms with Crippen molar-refractivity contribution in [2.24, 2.45) is 0 Å². The van der Waals surface area contributed by atoms with Crippen LogP contribution in [-0.4, -0.2) is 37.0 Å². The van der Waals surface area contributed by atoms with E-state index in [0.29, 0.717) is 5.82 Å². The van der Waals surface area contributed by atoms with Crippen LogP contribution in [-0.2, 0) is 4.74 Å². The molecule has 0 bridgehead atoms. The van der Waals surface area contributed by atoms with Gasteiger partial charge < -0.3 is 4.74 Å². The molecule has 0 saturated carbocycles. The number of rotatable bonds is 2. The van der Waals surface area contributed by atoms with E-state index in [1.54, 1.807) is 0 Å². The zero-order valence-corrected chi connectivity index (χ0v) is 8.03. The molecule has 7 nitrogen and oxygen atoms in total. The fourth-order valence-corrected chi connectivity index (χ4v) is 1.38. The third-order valence-corrected chi connectivity index (χ3v) is 2.23. The first kappa shape index (κ1) is 8.42. The smallest absolute Gasteiger partial charge is 0.179 e. The monoisotopic (exact) mass is 204 g/mol. The van der Waals surface area contributed by atoms with E-state index in [0.717, 1.165) is 17.9 Å². The van der Waals surface area contributed by atoms with Crippen LogP contribution in [0.15, 0.2) is 12.4 Å². The van der Waals surface area contributed by atoms with Gasteiger partial charge in [-0.15, -0.1) is 10.2 Å². The molecule has 0 spiro atoms. The zero-order chi connectivity index (χ0) is 10.3. The Bertz CT molecular complexity index is 478. The van der Waals surface area contributed by atoms with Crippen LogP contribution in [0.5, 0.6) is 0 Å². The van der Waals surface area contributed by atoms with Crippen molar-refractivity contribution in [2.45, 2.75) is 13.0 Å². The number of epoxide rings is 1.